The minimum Gasteiger partial charge on any atom is -0.478 e. The molecule has 1 aromatic carbocycles. The van der Waals surface area contributed by atoms with E-state index in [1.54, 1.807) is 24.3 Å². The standard InChI is InChI=1S/C15H18O3/c1-15(2)9-3-4-12(13(15)16)10-5-7-11(8-6-10)14(17)18/h4-8,13,16H,3,9H2,1-2H3,(H,17,18). The lowest BCUT2D eigenvalue weighted by Gasteiger charge is -2.35. The third-order valence-corrected chi connectivity index (χ3v) is 3.65. The maximum Gasteiger partial charge on any atom is 0.335 e. The molecule has 0 fully saturated rings. The molecular formula is C15H18O3. The zero-order valence-electron chi connectivity index (χ0n) is 10.7. The number of carbonyl (C=O) groups is 1. The van der Waals surface area contributed by atoms with E-state index in [0.29, 0.717) is 0 Å². The smallest absolute Gasteiger partial charge is 0.335 e. The van der Waals surface area contributed by atoms with Gasteiger partial charge in [-0.3, -0.25) is 0 Å². The first kappa shape index (κ1) is 12.8. The molecule has 0 aromatic heterocycles. The largest absolute Gasteiger partial charge is 0.478 e. The number of rotatable bonds is 2. The van der Waals surface area contributed by atoms with Crippen LogP contribution >= 0.6 is 0 Å². The third-order valence-electron chi connectivity index (χ3n) is 3.65. The average molecular weight is 246 g/mol. The molecule has 3 nitrogen and oxygen atoms in total. The van der Waals surface area contributed by atoms with E-state index in [1.165, 1.54) is 0 Å². The number of hydrogen-bond donors (Lipinski definition) is 2. The van der Waals surface area contributed by atoms with Gasteiger partial charge in [0.1, 0.15) is 0 Å². The molecule has 96 valence electrons. The highest BCUT2D eigenvalue weighted by molar-refractivity contribution is 5.88. The Balaban J connectivity index is 2.32. The molecule has 0 amide bonds. The molecule has 0 aliphatic heterocycles. The van der Waals surface area contributed by atoms with Gasteiger partial charge in [-0.2, -0.15) is 0 Å². The monoisotopic (exact) mass is 246 g/mol. The fourth-order valence-corrected chi connectivity index (χ4v) is 2.35. The van der Waals surface area contributed by atoms with Crippen molar-refractivity contribution in [2.24, 2.45) is 5.41 Å². The van der Waals surface area contributed by atoms with Crippen LogP contribution in [0.5, 0.6) is 0 Å². The summed E-state index contributed by atoms with van der Waals surface area (Å²) in [5.74, 6) is -0.931. The van der Waals surface area contributed by atoms with Crippen molar-refractivity contribution in [1.82, 2.24) is 0 Å². The van der Waals surface area contributed by atoms with Crippen LogP contribution in [0.1, 0.15) is 42.6 Å². The second-order valence-corrected chi connectivity index (χ2v) is 5.47. The molecule has 3 heteroatoms. The number of aromatic carboxylic acids is 1. The van der Waals surface area contributed by atoms with Crippen molar-refractivity contribution in [3.05, 3.63) is 41.5 Å². The van der Waals surface area contributed by atoms with E-state index in [1.807, 2.05) is 6.08 Å². The van der Waals surface area contributed by atoms with Crippen LogP contribution in [0.15, 0.2) is 30.3 Å². The van der Waals surface area contributed by atoms with Crippen molar-refractivity contribution in [3.8, 4) is 0 Å². The lowest BCUT2D eigenvalue weighted by Crippen LogP contribution is -2.32. The van der Waals surface area contributed by atoms with Crippen molar-refractivity contribution in [2.75, 3.05) is 0 Å². The van der Waals surface area contributed by atoms with E-state index in [4.69, 9.17) is 5.11 Å². The third kappa shape index (κ3) is 2.31. The molecular weight excluding hydrogens is 228 g/mol. The van der Waals surface area contributed by atoms with Crippen LogP contribution in [0.25, 0.3) is 5.57 Å². The van der Waals surface area contributed by atoms with E-state index in [0.717, 1.165) is 24.0 Å². The Bertz CT molecular complexity index is 483. The van der Waals surface area contributed by atoms with E-state index in [-0.39, 0.29) is 11.0 Å². The number of carboxylic acid groups (broad SMARTS) is 1. The predicted octanol–water partition coefficient (Wildman–Crippen LogP) is 2.95. The number of aliphatic hydroxyl groups is 1. The van der Waals surface area contributed by atoms with E-state index < -0.39 is 12.1 Å². The molecule has 0 bridgehead atoms. The van der Waals surface area contributed by atoms with Crippen molar-refractivity contribution < 1.29 is 15.0 Å². The lowest BCUT2D eigenvalue weighted by atomic mass is 9.73. The molecule has 0 radical (unpaired) electrons. The van der Waals surface area contributed by atoms with Crippen LogP contribution in [0.3, 0.4) is 0 Å². The molecule has 0 heterocycles. The highest BCUT2D eigenvalue weighted by atomic mass is 16.4. The number of aliphatic hydroxyl groups excluding tert-OH is 1. The van der Waals surface area contributed by atoms with E-state index in [9.17, 15) is 9.90 Å². The maximum absolute atomic E-state index is 10.8. The topological polar surface area (TPSA) is 57.5 Å². The first-order valence-corrected chi connectivity index (χ1v) is 6.14. The Morgan fingerprint density at radius 2 is 1.89 bits per heavy atom. The summed E-state index contributed by atoms with van der Waals surface area (Å²) in [5, 5.41) is 19.2. The van der Waals surface area contributed by atoms with Crippen LogP contribution < -0.4 is 0 Å². The van der Waals surface area contributed by atoms with Gasteiger partial charge < -0.3 is 10.2 Å². The van der Waals surface area contributed by atoms with Crippen LogP contribution in [-0.2, 0) is 0 Å². The van der Waals surface area contributed by atoms with Crippen molar-refractivity contribution in [1.29, 1.82) is 0 Å². The molecule has 2 N–H and O–H groups in total. The Morgan fingerprint density at radius 3 is 2.44 bits per heavy atom. The lowest BCUT2D eigenvalue weighted by molar-refractivity contribution is 0.0697. The Labute approximate surface area is 107 Å². The van der Waals surface area contributed by atoms with Crippen LogP contribution in [0.4, 0.5) is 0 Å². The minimum atomic E-state index is -0.931. The van der Waals surface area contributed by atoms with Gasteiger partial charge in [0, 0.05) is 0 Å². The van der Waals surface area contributed by atoms with E-state index >= 15 is 0 Å². The van der Waals surface area contributed by atoms with Gasteiger partial charge in [-0.15, -0.1) is 0 Å². The van der Waals surface area contributed by atoms with E-state index in [2.05, 4.69) is 13.8 Å². The number of allylic oxidation sites excluding steroid dienone is 1. The number of carboxylic acids is 1. The van der Waals surface area contributed by atoms with Gasteiger partial charge in [-0.05, 0) is 41.5 Å². The van der Waals surface area contributed by atoms with Gasteiger partial charge in [0.2, 0.25) is 0 Å². The van der Waals surface area contributed by atoms with Gasteiger partial charge in [-0.1, -0.05) is 32.1 Å². The average Bonchev–Trinajstić information content (AvgIpc) is 2.33. The number of hydrogen-bond acceptors (Lipinski definition) is 2. The highest BCUT2D eigenvalue weighted by Crippen LogP contribution is 2.39. The summed E-state index contributed by atoms with van der Waals surface area (Å²) in [6, 6.07) is 6.68. The summed E-state index contributed by atoms with van der Waals surface area (Å²) in [4.78, 5) is 10.8. The van der Waals surface area contributed by atoms with Crippen LogP contribution in [0.2, 0.25) is 0 Å². The molecule has 1 aromatic rings. The SMILES string of the molecule is CC1(C)CCC=C(c2ccc(C(=O)O)cc2)C1O. The molecule has 1 aliphatic rings. The van der Waals surface area contributed by atoms with Crippen molar-refractivity contribution >= 4 is 11.5 Å². The maximum atomic E-state index is 10.8. The normalized spacial score (nSPS) is 22.4. The van der Waals surface area contributed by atoms with Gasteiger partial charge in [-0.25, -0.2) is 4.79 Å². The van der Waals surface area contributed by atoms with Gasteiger partial charge >= 0.3 is 5.97 Å². The second-order valence-electron chi connectivity index (χ2n) is 5.47. The van der Waals surface area contributed by atoms with Gasteiger partial charge in [0.05, 0.1) is 11.7 Å². The number of benzene rings is 1. The molecule has 0 saturated carbocycles. The summed E-state index contributed by atoms with van der Waals surface area (Å²) in [7, 11) is 0. The predicted molar refractivity (Wildman–Crippen MR) is 70.4 cm³/mol. The fraction of sp³-hybridized carbons (Fsp3) is 0.400. The summed E-state index contributed by atoms with van der Waals surface area (Å²) in [6.07, 6.45) is 3.46. The fourth-order valence-electron chi connectivity index (χ4n) is 2.35. The molecule has 18 heavy (non-hydrogen) atoms. The summed E-state index contributed by atoms with van der Waals surface area (Å²) >= 11 is 0. The summed E-state index contributed by atoms with van der Waals surface area (Å²) in [5.41, 5.74) is 1.95. The Kier molecular flexibility index (Phi) is 3.26. The molecule has 0 saturated heterocycles. The molecule has 0 spiro atoms. The zero-order valence-corrected chi connectivity index (χ0v) is 10.7. The Morgan fingerprint density at radius 1 is 1.28 bits per heavy atom. The molecule has 1 atom stereocenters. The zero-order chi connectivity index (χ0) is 13.3. The molecule has 2 rings (SSSR count). The first-order chi connectivity index (χ1) is 8.42. The van der Waals surface area contributed by atoms with Crippen molar-refractivity contribution in [3.63, 3.8) is 0 Å². The van der Waals surface area contributed by atoms with Crippen LogP contribution in [0, 0.1) is 5.41 Å². The second kappa shape index (κ2) is 4.58. The quantitative estimate of drug-likeness (QED) is 0.843. The van der Waals surface area contributed by atoms with Crippen molar-refractivity contribution in [2.45, 2.75) is 32.8 Å². The molecule has 1 aliphatic carbocycles. The van der Waals surface area contributed by atoms with Crippen LogP contribution in [-0.4, -0.2) is 22.3 Å². The summed E-state index contributed by atoms with van der Waals surface area (Å²) < 4.78 is 0. The first-order valence-electron chi connectivity index (χ1n) is 6.14. The summed E-state index contributed by atoms with van der Waals surface area (Å²) in [6.45, 7) is 4.10. The minimum absolute atomic E-state index is 0.129. The van der Waals surface area contributed by atoms with Gasteiger partial charge in [0.15, 0.2) is 0 Å². The van der Waals surface area contributed by atoms with Gasteiger partial charge in [0.25, 0.3) is 0 Å². The molecule has 1 unspecified atom stereocenters. The Hall–Kier alpha value is -1.61. The highest BCUT2D eigenvalue weighted by Gasteiger charge is 2.33.